The van der Waals surface area contributed by atoms with Crippen LogP contribution in [0.2, 0.25) is 5.02 Å². The molecule has 0 spiro atoms. The monoisotopic (exact) mass is 243 g/mol. The molecule has 1 aromatic rings. The average molecular weight is 244 g/mol. The Hall–Kier alpha value is 0.550. The van der Waals surface area contributed by atoms with Gasteiger partial charge in [0.25, 0.3) is 0 Å². The topological polar surface area (TPSA) is 12.0 Å². The molecule has 1 rings (SSSR count). The molecular formula is C7H4ClFNNaS2. The summed E-state index contributed by atoms with van der Waals surface area (Å²) in [7, 11) is 0. The smallest absolute Gasteiger partial charge is 0.411 e. The van der Waals surface area contributed by atoms with Crippen molar-refractivity contribution < 1.29 is 33.9 Å². The van der Waals surface area contributed by atoms with Crippen molar-refractivity contribution in [3.8, 4) is 0 Å². The molecule has 1 aromatic carbocycles. The Morgan fingerprint density at radius 1 is 1.54 bits per heavy atom. The molecule has 0 amide bonds. The Bertz CT molecular complexity index is 321. The molecule has 0 saturated heterocycles. The van der Waals surface area contributed by atoms with E-state index in [2.05, 4.69) is 30.2 Å². The summed E-state index contributed by atoms with van der Waals surface area (Å²) in [5.41, 5.74) is 0.249. The number of halogens is 2. The van der Waals surface area contributed by atoms with Crippen molar-refractivity contribution in [2.24, 2.45) is 0 Å². The fourth-order valence-corrected chi connectivity index (χ4v) is 1.08. The van der Waals surface area contributed by atoms with Gasteiger partial charge in [0, 0.05) is 5.02 Å². The van der Waals surface area contributed by atoms with E-state index in [1.165, 1.54) is 12.1 Å². The standard InChI is InChI=1S/C7H5ClFNS2.Na/c8-4-1-2-6(5(9)3-4)10-7(11)12;/h1-3H,(H2,10,11,12);/q;+1/p-1. The zero-order chi connectivity index (χ0) is 9.14. The first-order valence-electron chi connectivity index (χ1n) is 3.02. The van der Waals surface area contributed by atoms with Gasteiger partial charge in [-0.15, -0.1) is 0 Å². The average Bonchev–Trinajstić information content (AvgIpc) is 1.94. The van der Waals surface area contributed by atoms with Crippen LogP contribution in [0.25, 0.3) is 0 Å². The number of benzene rings is 1. The number of nitrogens with one attached hydrogen (secondary N) is 1. The number of rotatable bonds is 1. The normalized spacial score (nSPS) is 8.77. The third kappa shape index (κ3) is 4.54. The van der Waals surface area contributed by atoms with Gasteiger partial charge in [0.15, 0.2) is 0 Å². The molecule has 0 aromatic heterocycles. The van der Waals surface area contributed by atoms with E-state index in [1.807, 2.05) is 0 Å². The van der Waals surface area contributed by atoms with Crippen LogP contribution in [0.4, 0.5) is 10.1 Å². The van der Waals surface area contributed by atoms with Crippen molar-refractivity contribution in [1.82, 2.24) is 0 Å². The van der Waals surface area contributed by atoms with Crippen LogP contribution in [0.1, 0.15) is 0 Å². The van der Waals surface area contributed by atoms with Crippen molar-refractivity contribution in [3.63, 3.8) is 0 Å². The molecule has 0 bridgehead atoms. The van der Waals surface area contributed by atoms with Crippen molar-refractivity contribution >= 4 is 46.5 Å². The second-order valence-electron chi connectivity index (χ2n) is 2.04. The predicted octanol–water partition coefficient (Wildman–Crippen LogP) is -0.273. The molecule has 1 nitrogen and oxygen atoms in total. The maximum atomic E-state index is 13.0. The predicted molar refractivity (Wildman–Crippen MR) is 55.0 cm³/mol. The molecule has 13 heavy (non-hydrogen) atoms. The summed E-state index contributed by atoms with van der Waals surface area (Å²) in [6, 6.07) is 4.23. The van der Waals surface area contributed by atoms with Gasteiger partial charge in [-0.25, -0.2) is 4.39 Å². The first-order valence-corrected chi connectivity index (χ1v) is 4.22. The van der Waals surface area contributed by atoms with Crippen LogP contribution < -0.4 is 34.9 Å². The zero-order valence-corrected chi connectivity index (χ0v) is 11.2. The van der Waals surface area contributed by atoms with Gasteiger partial charge in [-0.2, -0.15) is 0 Å². The number of hydrogen-bond acceptors (Lipinski definition) is 2. The van der Waals surface area contributed by atoms with E-state index in [0.717, 1.165) is 0 Å². The van der Waals surface area contributed by atoms with E-state index in [9.17, 15) is 4.39 Å². The summed E-state index contributed by atoms with van der Waals surface area (Å²) in [4.78, 5) is 0. The van der Waals surface area contributed by atoms with E-state index < -0.39 is 5.82 Å². The zero-order valence-electron chi connectivity index (χ0n) is 6.80. The third-order valence-corrected chi connectivity index (χ3v) is 1.61. The summed E-state index contributed by atoms with van der Waals surface area (Å²) in [6.07, 6.45) is 0. The molecule has 0 aliphatic carbocycles. The first kappa shape index (κ1) is 13.5. The summed E-state index contributed by atoms with van der Waals surface area (Å²) in [6.45, 7) is 0. The van der Waals surface area contributed by atoms with Crippen LogP contribution in [0.3, 0.4) is 0 Å². The van der Waals surface area contributed by atoms with E-state index in [0.29, 0.717) is 5.02 Å². The Kier molecular flexibility index (Phi) is 6.37. The van der Waals surface area contributed by atoms with E-state index in [4.69, 9.17) is 11.6 Å². The summed E-state index contributed by atoms with van der Waals surface area (Å²) in [5, 5.41) is 2.85. The van der Waals surface area contributed by atoms with Crippen LogP contribution in [-0.4, -0.2) is 4.32 Å². The quantitative estimate of drug-likeness (QED) is 0.414. The van der Waals surface area contributed by atoms with Gasteiger partial charge in [0.1, 0.15) is 5.82 Å². The van der Waals surface area contributed by atoms with Gasteiger partial charge < -0.3 is 30.2 Å². The molecule has 0 heterocycles. The van der Waals surface area contributed by atoms with E-state index in [1.54, 1.807) is 6.07 Å². The largest absolute Gasteiger partial charge is 1.00 e. The maximum Gasteiger partial charge on any atom is 1.00 e. The van der Waals surface area contributed by atoms with Gasteiger partial charge in [-0.1, -0.05) is 15.9 Å². The minimum atomic E-state index is -0.463. The molecule has 1 N–H and O–H groups in total. The summed E-state index contributed by atoms with van der Waals surface area (Å²) in [5.74, 6) is -0.463. The molecule has 0 radical (unpaired) electrons. The van der Waals surface area contributed by atoms with E-state index >= 15 is 0 Å². The van der Waals surface area contributed by atoms with Crippen molar-refractivity contribution in [3.05, 3.63) is 29.0 Å². The SMILES string of the molecule is Fc1cc(Cl)ccc1NC(=S)[S-].[Na+]. The minimum absolute atomic E-state index is 0. The number of thiocarbonyl (C=S) groups is 1. The fourth-order valence-electron chi connectivity index (χ4n) is 0.701. The summed E-state index contributed by atoms with van der Waals surface area (Å²) < 4.78 is 13.1. The van der Waals surface area contributed by atoms with Gasteiger partial charge >= 0.3 is 29.6 Å². The first-order chi connectivity index (χ1) is 5.59. The Labute approximate surface area is 114 Å². The minimum Gasteiger partial charge on any atom is -0.411 e. The molecule has 0 saturated carbocycles. The van der Waals surface area contributed by atoms with Crippen LogP contribution in [0.15, 0.2) is 18.2 Å². The fraction of sp³-hybridized carbons (Fsp3) is 0. The Balaban J connectivity index is 0.00000144. The molecule has 0 atom stereocenters. The van der Waals surface area contributed by atoms with Gasteiger partial charge in [-0.3, -0.25) is 0 Å². The van der Waals surface area contributed by atoms with Gasteiger partial charge in [0.2, 0.25) is 0 Å². The van der Waals surface area contributed by atoms with Crippen LogP contribution in [-0.2, 0) is 12.6 Å². The van der Waals surface area contributed by atoms with E-state index in [-0.39, 0.29) is 39.6 Å². The number of anilines is 1. The molecule has 0 fully saturated rings. The third-order valence-electron chi connectivity index (χ3n) is 1.17. The molecular weight excluding hydrogens is 240 g/mol. The second kappa shape index (κ2) is 6.11. The van der Waals surface area contributed by atoms with Crippen LogP contribution >= 0.6 is 23.8 Å². The van der Waals surface area contributed by atoms with Gasteiger partial charge in [-0.05, 0) is 18.2 Å². The maximum absolute atomic E-state index is 13.0. The van der Waals surface area contributed by atoms with Gasteiger partial charge in [0.05, 0.1) is 5.69 Å². The molecule has 0 unspecified atom stereocenters. The molecule has 0 aliphatic heterocycles. The number of hydrogen-bond donors (Lipinski definition) is 1. The molecule has 6 heteroatoms. The second-order valence-corrected chi connectivity index (χ2v) is 3.55. The Morgan fingerprint density at radius 2 is 2.15 bits per heavy atom. The Morgan fingerprint density at radius 3 is 2.62 bits per heavy atom. The summed E-state index contributed by atoms with van der Waals surface area (Å²) >= 11 is 14.7. The molecule has 0 aliphatic rings. The van der Waals surface area contributed by atoms with Crippen molar-refractivity contribution in [1.29, 1.82) is 0 Å². The van der Waals surface area contributed by atoms with Crippen LogP contribution in [0.5, 0.6) is 0 Å². The van der Waals surface area contributed by atoms with Crippen LogP contribution in [0, 0.1) is 5.82 Å². The van der Waals surface area contributed by atoms with Crippen molar-refractivity contribution in [2.75, 3.05) is 5.32 Å². The van der Waals surface area contributed by atoms with Crippen molar-refractivity contribution in [2.45, 2.75) is 0 Å². The molecule has 64 valence electrons.